The van der Waals surface area contributed by atoms with Gasteiger partial charge >= 0.3 is 0 Å². The fourth-order valence-electron chi connectivity index (χ4n) is 3.17. The van der Waals surface area contributed by atoms with Crippen LogP contribution in [0.5, 0.6) is 11.5 Å². The first-order chi connectivity index (χ1) is 16.0. The van der Waals surface area contributed by atoms with Gasteiger partial charge in [0.15, 0.2) is 11.5 Å². The summed E-state index contributed by atoms with van der Waals surface area (Å²) in [6, 6.07) is 16.1. The number of carbonyl (C=O) groups is 2. The summed E-state index contributed by atoms with van der Waals surface area (Å²) in [5.74, 6) is 0.898. The van der Waals surface area contributed by atoms with E-state index in [1.807, 2.05) is 51.1 Å². The van der Waals surface area contributed by atoms with Gasteiger partial charge in [-0.2, -0.15) is 0 Å². The highest BCUT2D eigenvalue weighted by Gasteiger charge is 2.17. The number of ether oxygens (including phenoxy) is 2. The molecule has 1 heterocycles. The van der Waals surface area contributed by atoms with E-state index < -0.39 is 5.91 Å². The zero-order valence-electron chi connectivity index (χ0n) is 19.0. The minimum atomic E-state index is -0.444. The van der Waals surface area contributed by atoms with Crippen LogP contribution in [0.1, 0.15) is 41.1 Å². The first-order valence-corrected chi connectivity index (χ1v) is 10.8. The van der Waals surface area contributed by atoms with Gasteiger partial charge in [-0.25, -0.2) is 0 Å². The lowest BCUT2D eigenvalue weighted by molar-refractivity contribution is -0.117. The van der Waals surface area contributed by atoms with Crippen molar-refractivity contribution in [3.8, 4) is 11.5 Å². The van der Waals surface area contributed by atoms with Crippen molar-refractivity contribution < 1.29 is 23.5 Å². The lowest BCUT2D eigenvalue weighted by atomic mass is 10.1. The summed E-state index contributed by atoms with van der Waals surface area (Å²) in [5, 5.41) is 5.56. The van der Waals surface area contributed by atoms with Crippen LogP contribution in [0.3, 0.4) is 0 Å². The highest BCUT2D eigenvalue weighted by Crippen LogP contribution is 2.28. The highest BCUT2D eigenvalue weighted by atomic mass is 16.5. The van der Waals surface area contributed by atoms with E-state index >= 15 is 0 Å². The Morgan fingerprint density at radius 2 is 1.73 bits per heavy atom. The molecule has 0 radical (unpaired) electrons. The lowest BCUT2D eigenvalue weighted by Gasteiger charge is -2.14. The maximum absolute atomic E-state index is 13.0. The van der Waals surface area contributed by atoms with E-state index in [2.05, 4.69) is 10.6 Å². The molecular formula is C26H28N2O5. The topological polar surface area (TPSA) is 89.8 Å². The Balaban J connectivity index is 1.76. The SMILES string of the molecule is CCOc1ccc(CNC(=O)/C(=C/c2ccco2)NC(=O)c2ccccc2C)cc1OCC. The Labute approximate surface area is 193 Å². The van der Waals surface area contributed by atoms with Crippen LogP contribution in [-0.4, -0.2) is 25.0 Å². The minimum Gasteiger partial charge on any atom is -0.490 e. The van der Waals surface area contributed by atoms with Crippen molar-refractivity contribution in [2.75, 3.05) is 13.2 Å². The second kappa shape index (κ2) is 11.6. The molecule has 0 unspecified atom stereocenters. The van der Waals surface area contributed by atoms with Crippen molar-refractivity contribution in [1.29, 1.82) is 0 Å². The van der Waals surface area contributed by atoms with Gasteiger partial charge in [0.2, 0.25) is 0 Å². The van der Waals surface area contributed by atoms with Crippen LogP contribution < -0.4 is 20.1 Å². The zero-order chi connectivity index (χ0) is 23.6. The van der Waals surface area contributed by atoms with Crippen molar-refractivity contribution in [1.82, 2.24) is 10.6 Å². The predicted octanol–water partition coefficient (Wildman–Crippen LogP) is 4.47. The van der Waals surface area contributed by atoms with E-state index in [0.717, 1.165) is 11.1 Å². The Bertz CT molecular complexity index is 1120. The van der Waals surface area contributed by atoms with Crippen LogP contribution in [0.15, 0.2) is 71.0 Å². The third-order valence-corrected chi connectivity index (χ3v) is 4.77. The number of carbonyl (C=O) groups excluding carboxylic acids is 2. The largest absolute Gasteiger partial charge is 0.490 e. The van der Waals surface area contributed by atoms with Crippen LogP contribution in [0.4, 0.5) is 0 Å². The molecule has 3 aromatic rings. The van der Waals surface area contributed by atoms with E-state index in [0.29, 0.717) is 36.0 Å². The fraction of sp³-hybridized carbons (Fsp3) is 0.231. The summed E-state index contributed by atoms with van der Waals surface area (Å²) in [6.45, 7) is 6.90. The molecule has 0 aliphatic heterocycles. The molecule has 0 aliphatic rings. The minimum absolute atomic E-state index is 0.0779. The summed E-state index contributed by atoms with van der Waals surface area (Å²) in [7, 11) is 0. The van der Waals surface area contributed by atoms with Crippen LogP contribution in [0.2, 0.25) is 0 Å². The van der Waals surface area contributed by atoms with Gasteiger partial charge in [0.1, 0.15) is 11.5 Å². The van der Waals surface area contributed by atoms with Gasteiger partial charge in [-0.3, -0.25) is 9.59 Å². The number of benzene rings is 2. The van der Waals surface area contributed by atoms with E-state index in [9.17, 15) is 9.59 Å². The molecule has 1 aromatic heterocycles. The van der Waals surface area contributed by atoms with E-state index in [4.69, 9.17) is 13.9 Å². The number of hydrogen-bond acceptors (Lipinski definition) is 5. The molecule has 0 bridgehead atoms. The number of furan rings is 1. The van der Waals surface area contributed by atoms with E-state index in [1.54, 1.807) is 24.3 Å². The molecule has 0 saturated carbocycles. The van der Waals surface area contributed by atoms with Crippen molar-refractivity contribution >= 4 is 17.9 Å². The van der Waals surface area contributed by atoms with Gasteiger partial charge < -0.3 is 24.5 Å². The van der Waals surface area contributed by atoms with E-state index in [-0.39, 0.29) is 18.1 Å². The van der Waals surface area contributed by atoms with Crippen LogP contribution in [-0.2, 0) is 11.3 Å². The maximum atomic E-state index is 13.0. The number of nitrogens with one attached hydrogen (secondary N) is 2. The molecule has 33 heavy (non-hydrogen) atoms. The Morgan fingerprint density at radius 3 is 2.42 bits per heavy atom. The highest BCUT2D eigenvalue weighted by molar-refractivity contribution is 6.05. The summed E-state index contributed by atoms with van der Waals surface area (Å²) in [4.78, 5) is 25.8. The Morgan fingerprint density at radius 1 is 0.970 bits per heavy atom. The normalized spacial score (nSPS) is 11.1. The summed E-state index contributed by atoms with van der Waals surface area (Å²) in [5.41, 5.74) is 2.21. The number of rotatable bonds is 10. The number of amides is 2. The molecule has 0 fully saturated rings. The molecule has 7 nitrogen and oxygen atoms in total. The first-order valence-electron chi connectivity index (χ1n) is 10.8. The summed E-state index contributed by atoms with van der Waals surface area (Å²) < 4.78 is 16.6. The second-order valence-corrected chi connectivity index (χ2v) is 7.17. The molecule has 0 aliphatic carbocycles. The standard InChI is InChI=1S/C26H28N2O5/c1-4-31-23-13-12-19(15-24(23)32-5-2)17-27-26(30)22(16-20-10-8-14-33-20)28-25(29)21-11-7-6-9-18(21)3/h6-16H,4-5,17H2,1-3H3,(H,27,30)(H,28,29)/b22-16-. The smallest absolute Gasteiger partial charge is 0.268 e. The molecule has 3 rings (SSSR count). The van der Waals surface area contributed by atoms with Crippen molar-refractivity contribution in [2.24, 2.45) is 0 Å². The molecule has 2 aromatic carbocycles. The third-order valence-electron chi connectivity index (χ3n) is 4.77. The maximum Gasteiger partial charge on any atom is 0.268 e. The Kier molecular flexibility index (Phi) is 8.30. The predicted molar refractivity (Wildman–Crippen MR) is 126 cm³/mol. The molecule has 2 amide bonds. The van der Waals surface area contributed by atoms with Gasteiger partial charge in [0, 0.05) is 18.2 Å². The van der Waals surface area contributed by atoms with Crippen molar-refractivity contribution in [3.05, 3.63) is 89.0 Å². The Hall–Kier alpha value is -4.00. The molecule has 172 valence electrons. The van der Waals surface area contributed by atoms with E-state index in [1.165, 1.54) is 12.3 Å². The van der Waals surface area contributed by atoms with Gasteiger partial charge in [-0.15, -0.1) is 0 Å². The molecule has 0 spiro atoms. The second-order valence-electron chi connectivity index (χ2n) is 7.17. The monoisotopic (exact) mass is 448 g/mol. The quantitative estimate of drug-likeness (QED) is 0.447. The summed E-state index contributed by atoms with van der Waals surface area (Å²) in [6.07, 6.45) is 3.00. The van der Waals surface area contributed by atoms with Crippen LogP contribution in [0.25, 0.3) is 6.08 Å². The van der Waals surface area contributed by atoms with Crippen LogP contribution >= 0.6 is 0 Å². The average molecular weight is 449 g/mol. The number of aryl methyl sites for hydroxylation is 1. The molecule has 0 saturated heterocycles. The molecular weight excluding hydrogens is 420 g/mol. The van der Waals surface area contributed by atoms with Gasteiger partial charge in [-0.1, -0.05) is 24.3 Å². The zero-order valence-corrected chi connectivity index (χ0v) is 19.0. The number of hydrogen-bond donors (Lipinski definition) is 2. The van der Waals surface area contributed by atoms with Crippen molar-refractivity contribution in [3.63, 3.8) is 0 Å². The van der Waals surface area contributed by atoms with Crippen molar-refractivity contribution in [2.45, 2.75) is 27.3 Å². The van der Waals surface area contributed by atoms with Gasteiger partial charge in [0.05, 0.1) is 19.5 Å². The van der Waals surface area contributed by atoms with Gasteiger partial charge in [0.25, 0.3) is 11.8 Å². The lowest BCUT2D eigenvalue weighted by Crippen LogP contribution is -2.34. The fourth-order valence-corrected chi connectivity index (χ4v) is 3.17. The molecule has 2 N–H and O–H groups in total. The van der Waals surface area contributed by atoms with Gasteiger partial charge in [-0.05, 0) is 62.2 Å². The van der Waals surface area contributed by atoms with Crippen LogP contribution in [0, 0.1) is 6.92 Å². The third kappa shape index (κ3) is 6.49. The average Bonchev–Trinajstić information content (AvgIpc) is 3.32. The molecule has 0 atom stereocenters. The molecule has 7 heteroatoms. The first kappa shape index (κ1) is 23.7. The summed E-state index contributed by atoms with van der Waals surface area (Å²) >= 11 is 0.